The largest absolute Gasteiger partial charge is 0.495 e. The average Bonchev–Trinajstić information content (AvgIpc) is 2.56. The Morgan fingerprint density at radius 1 is 1.14 bits per heavy atom. The second kappa shape index (κ2) is 4.96. The minimum Gasteiger partial charge on any atom is -0.495 e. The van der Waals surface area contributed by atoms with Gasteiger partial charge in [-0.1, -0.05) is 6.07 Å². The van der Waals surface area contributed by atoms with E-state index in [1.165, 1.54) is 19.2 Å². The molecule has 1 aromatic carbocycles. The standard InChI is InChI=1S/C13H18BFO5S/c1-12(2)13(3,4)20-14(19-12)9-6-7-10(18-5)11(8-9)21(15,16)17/h6-8H,1-5H3. The predicted octanol–water partition coefficient (Wildman–Crippen LogP) is 1.65. The molecule has 1 aliphatic rings. The van der Waals surface area contributed by atoms with Gasteiger partial charge in [-0.15, -0.1) is 3.89 Å². The van der Waals surface area contributed by atoms with Gasteiger partial charge in [-0.25, -0.2) is 0 Å². The maximum Gasteiger partial charge on any atom is 0.494 e. The zero-order valence-corrected chi connectivity index (χ0v) is 13.5. The molecular formula is C13H18BFO5S. The molecule has 0 bridgehead atoms. The minimum absolute atomic E-state index is 0.0576. The van der Waals surface area contributed by atoms with Crippen LogP contribution in [0.4, 0.5) is 3.89 Å². The van der Waals surface area contributed by atoms with Gasteiger partial charge in [-0.3, -0.25) is 0 Å². The summed E-state index contributed by atoms with van der Waals surface area (Å²) in [6.45, 7) is 7.51. The second-order valence-electron chi connectivity index (χ2n) is 5.94. The molecule has 0 amide bonds. The Hall–Kier alpha value is -1.12. The molecule has 0 aliphatic carbocycles. The zero-order valence-electron chi connectivity index (χ0n) is 12.6. The smallest absolute Gasteiger partial charge is 0.494 e. The van der Waals surface area contributed by atoms with Crippen molar-refractivity contribution in [1.82, 2.24) is 0 Å². The van der Waals surface area contributed by atoms with Crippen molar-refractivity contribution < 1.29 is 26.3 Å². The van der Waals surface area contributed by atoms with Crippen molar-refractivity contribution in [3.8, 4) is 5.75 Å². The van der Waals surface area contributed by atoms with Gasteiger partial charge in [0.2, 0.25) is 0 Å². The van der Waals surface area contributed by atoms with Crippen molar-refractivity contribution in [2.45, 2.75) is 43.8 Å². The Kier molecular flexibility index (Phi) is 3.84. The van der Waals surface area contributed by atoms with Gasteiger partial charge in [0.25, 0.3) is 0 Å². The highest BCUT2D eigenvalue weighted by Gasteiger charge is 2.51. The van der Waals surface area contributed by atoms with Crippen LogP contribution in [0.25, 0.3) is 0 Å². The van der Waals surface area contributed by atoms with E-state index in [2.05, 4.69) is 0 Å². The number of hydrogen-bond donors (Lipinski definition) is 0. The third-order valence-electron chi connectivity index (χ3n) is 3.98. The molecule has 1 fully saturated rings. The van der Waals surface area contributed by atoms with E-state index in [0.717, 1.165) is 0 Å². The SMILES string of the molecule is COc1ccc(B2OC(C)(C)C(C)(C)O2)cc1S(=O)(=O)F. The van der Waals surface area contributed by atoms with Crippen molar-refractivity contribution in [1.29, 1.82) is 0 Å². The number of benzene rings is 1. The van der Waals surface area contributed by atoms with E-state index in [1.54, 1.807) is 6.07 Å². The molecule has 0 N–H and O–H groups in total. The van der Waals surface area contributed by atoms with Crippen LogP contribution in [0.15, 0.2) is 23.1 Å². The lowest BCUT2D eigenvalue weighted by atomic mass is 9.79. The maximum absolute atomic E-state index is 13.4. The van der Waals surface area contributed by atoms with Crippen LogP contribution in [-0.2, 0) is 19.5 Å². The van der Waals surface area contributed by atoms with E-state index >= 15 is 0 Å². The highest BCUT2D eigenvalue weighted by molar-refractivity contribution is 7.86. The fourth-order valence-electron chi connectivity index (χ4n) is 2.01. The molecule has 0 spiro atoms. The van der Waals surface area contributed by atoms with E-state index in [1.807, 2.05) is 27.7 Å². The summed E-state index contributed by atoms with van der Waals surface area (Å²) in [6.07, 6.45) is 0. The van der Waals surface area contributed by atoms with Crippen LogP contribution >= 0.6 is 0 Å². The summed E-state index contributed by atoms with van der Waals surface area (Å²) in [4.78, 5) is -0.530. The average molecular weight is 316 g/mol. The van der Waals surface area contributed by atoms with Crippen LogP contribution in [0.2, 0.25) is 0 Å². The van der Waals surface area contributed by atoms with Crippen LogP contribution in [0.1, 0.15) is 27.7 Å². The van der Waals surface area contributed by atoms with Gasteiger partial charge in [0.15, 0.2) is 0 Å². The fraction of sp³-hybridized carbons (Fsp3) is 0.538. The molecule has 0 unspecified atom stereocenters. The third kappa shape index (κ3) is 2.93. The van der Waals surface area contributed by atoms with Gasteiger partial charge < -0.3 is 14.0 Å². The molecular weight excluding hydrogens is 298 g/mol. The first-order valence-electron chi connectivity index (χ1n) is 6.46. The first kappa shape index (κ1) is 16.3. The van der Waals surface area contributed by atoms with Gasteiger partial charge in [0.1, 0.15) is 10.6 Å². The molecule has 1 saturated heterocycles. The Morgan fingerprint density at radius 3 is 2.10 bits per heavy atom. The van der Waals surface area contributed by atoms with E-state index < -0.39 is 33.4 Å². The van der Waals surface area contributed by atoms with Gasteiger partial charge in [0, 0.05) is 0 Å². The molecule has 1 aromatic rings. The van der Waals surface area contributed by atoms with Crippen molar-refractivity contribution >= 4 is 22.8 Å². The van der Waals surface area contributed by atoms with E-state index in [9.17, 15) is 12.3 Å². The summed E-state index contributed by atoms with van der Waals surface area (Å²) in [5.41, 5.74) is -0.704. The molecule has 0 saturated carbocycles. The van der Waals surface area contributed by atoms with Crippen molar-refractivity contribution in [2.75, 3.05) is 7.11 Å². The number of methoxy groups -OCH3 is 1. The minimum atomic E-state index is -4.89. The fourth-order valence-corrected chi connectivity index (χ4v) is 2.68. The summed E-state index contributed by atoms with van der Waals surface area (Å²) in [6, 6.07) is 4.15. The molecule has 1 heterocycles. The lowest BCUT2D eigenvalue weighted by Crippen LogP contribution is -2.41. The van der Waals surface area contributed by atoms with Crippen LogP contribution in [-0.4, -0.2) is 33.8 Å². The van der Waals surface area contributed by atoms with Gasteiger partial charge in [0.05, 0.1) is 18.3 Å². The lowest BCUT2D eigenvalue weighted by molar-refractivity contribution is 0.00578. The lowest BCUT2D eigenvalue weighted by Gasteiger charge is -2.32. The first-order valence-corrected chi connectivity index (χ1v) is 7.84. The Morgan fingerprint density at radius 2 is 1.67 bits per heavy atom. The quantitative estimate of drug-likeness (QED) is 0.627. The maximum atomic E-state index is 13.4. The van der Waals surface area contributed by atoms with E-state index in [0.29, 0.717) is 5.46 Å². The summed E-state index contributed by atoms with van der Waals surface area (Å²) >= 11 is 0. The van der Waals surface area contributed by atoms with Gasteiger partial charge in [-0.05, 0) is 45.3 Å². The van der Waals surface area contributed by atoms with Crippen LogP contribution in [0.5, 0.6) is 5.75 Å². The number of hydrogen-bond acceptors (Lipinski definition) is 5. The van der Waals surface area contributed by atoms with Crippen LogP contribution < -0.4 is 10.2 Å². The third-order valence-corrected chi connectivity index (χ3v) is 4.82. The van der Waals surface area contributed by atoms with Crippen LogP contribution in [0, 0.1) is 0 Å². The molecule has 116 valence electrons. The summed E-state index contributed by atoms with van der Waals surface area (Å²) in [5.74, 6) is -0.0576. The molecule has 21 heavy (non-hydrogen) atoms. The highest BCUT2D eigenvalue weighted by atomic mass is 32.3. The van der Waals surface area contributed by atoms with Crippen molar-refractivity contribution in [3.63, 3.8) is 0 Å². The Labute approximate surface area is 124 Å². The molecule has 0 atom stereocenters. The summed E-state index contributed by atoms with van der Waals surface area (Å²) in [5, 5.41) is 0. The molecule has 2 rings (SSSR count). The molecule has 1 aliphatic heterocycles. The Balaban J connectivity index is 2.44. The number of halogens is 1. The normalized spacial score (nSPS) is 20.6. The molecule has 0 radical (unpaired) electrons. The molecule has 8 heteroatoms. The van der Waals surface area contributed by atoms with Crippen LogP contribution in [0.3, 0.4) is 0 Å². The number of ether oxygens (including phenoxy) is 1. The van der Waals surface area contributed by atoms with Gasteiger partial charge >= 0.3 is 17.3 Å². The monoisotopic (exact) mass is 316 g/mol. The second-order valence-corrected chi connectivity index (χ2v) is 7.25. The molecule has 5 nitrogen and oxygen atoms in total. The Bertz CT molecular complexity index is 641. The van der Waals surface area contributed by atoms with E-state index in [-0.39, 0.29) is 5.75 Å². The zero-order chi connectivity index (χ0) is 16.1. The number of rotatable bonds is 3. The summed E-state index contributed by atoms with van der Waals surface area (Å²) in [7, 11) is -4.38. The summed E-state index contributed by atoms with van der Waals surface area (Å²) < 4.78 is 52.3. The topological polar surface area (TPSA) is 61.8 Å². The van der Waals surface area contributed by atoms with Gasteiger partial charge in [-0.2, -0.15) is 8.42 Å². The molecule has 0 aromatic heterocycles. The van der Waals surface area contributed by atoms with Crippen molar-refractivity contribution in [2.24, 2.45) is 0 Å². The predicted molar refractivity (Wildman–Crippen MR) is 77.0 cm³/mol. The highest BCUT2D eigenvalue weighted by Crippen LogP contribution is 2.37. The first-order chi connectivity index (χ1) is 9.48. The van der Waals surface area contributed by atoms with E-state index in [4.69, 9.17) is 14.0 Å². The van der Waals surface area contributed by atoms with Crippen molar-refractivity contribution in [3.05, 3.63) is 18.2 Å².